The van der Waals surface area contributed by atoms with Crippen molar-refractivity contribution in [3.63, 3.8) is 0 Å². The largest absolute Gasteiger partial charge is 0.330 e. The molecule has 0 atom stereocenters. The number of hydrogen-bond acceptors (Lipinski definition) is 2. The molecular formula is C12H14BrNO. The summed E-state index contributed by atoms with van der Waals surface area (Å²) in [5.74, 6) is 0.832. The van der Waals surface area contributed by atoms with Crippen molar-refractivity contribution < 1.29 is 4.79 Å². The van der Waals surface area contributed by atoms with E-state index >= 15 is 0 Å². The van der Waals surface area contributed by atoms with Gasteiger partial charge in [0.2, 0.25) is 0 Å². The predicted molar refractivity (Wildman–Crippen MR) is 64.1 cm³/mol. The fourth-order valence-electron chi connectivity index (χ4n) is 1.70. The monoisotopic (exact) mass is 267 g/mol. The molecule has 0 heterocycles. The average Bonchev–Trinajstić information content (AvgIpc) is 3.01. The van der Waals surface area contributed by atoms with Gasteiger partial charge in [-0.3, -0.25) is 4.79 Å². The molecule has 0 unspecified atom stereocenters. The van der Waals surface area contributed by atoms with Crippen LogP contribution < -0.4 is 5.73 Å². The number of carbonyl (C=O) groups is 1. The van der Waals surface area contributed by atoms with Gasteiger partial charge in [0.05, 0.1) is 0 Å². The lowest BCUT2D eigenvalue weighted by molar-refractivity contribution is 0.0985. The van der Waals surface area contributed by atoms with Crippen LogP contribution in [0, 0.1) is 0 Å². The Hall–Kier alpha value is -0.670. The summed E-state index contributed by atoms with van der Waals surface area (Å²) in [5, 5.41) is 0. The zero-order valence-electron chi connectivity index (χ0n) is 8.50. The standard InChI is InChI=1S/C12H14BrNO/c13-11-7-9(12(15)5-6-14)3-4-10(11)8-1-2-8/h3-4,7-8H,1-2,5-6,14H2. The van der Waals surface area contributed by atoms with E-state index in [1.54, 1.807) is 0 Å². The quantitative estimate of drug-likeness (QED) is 0.853. The molecule has 1 aliphatic rings. The number of halogens is 1. The average molecular weight is 268 g/mol. The number of hydrogen-bond donors (Lipinski definition) is 1. The third kappa shape index (κ3) is 2.47. The minimum atomic E-state index is 0.126. The normalized spacial score (nSPS) is 15.3. The third-order valence-electron chi connectivity index (χ3n) is 2.71. The highest BCUT2D eigenvalue weighted by molar-refractivity contribution is 9.10. The zero-order chi connectivity index (χ0) is 10.8. The van der Waals surface area contributed by atoms with Crippen molar-refractivity contribution in [2.24, 2.45) is 5.73 Å². The van der Waals surface area contributed by atoms with E-state index in [9.17, 15) is 4.79 Å². The lowest BCUT2D eigenvalue weighted by Crippen LogP contribution is -2.08. The molecule has 0 amide bonds. The first-order valence-corrected chi connectivity index (χ1v) is 6.04. The van der Waals surface area contributed by atoms with E-state index in [4.69, 9.17) is 5.73 Å². The van der Waals surface area contributed by atoms with Crippen LogP contribution in [0.2, 0.25) is 0 Å². The molecule has 15 heavy (non-hydrogen) atoms. The SMILES string of the molecule is NCCC(=O)c1ccc(C2CC2)c(Br)c1. The maximum absolute atomic E-state index is 11.6. The van der Waals surface area contributed by atoms with Crippen LogP contribution in [0.25, 0.3) is 0 Å². The van der Waals surface area contributed by atoms with Gasteiger partial charge in [-0.05, 0) is 36.9 Å². The van der Waals surface area contributed by atoms with Gasteiger partial charge in [-0.1, -0.05) is 28.1 Å². The van der Waals surface area contributed by atoms with Crippen molar-refractivity contribution in [3.05, 3.63) is 33.8 Å². The van der Waals surface area contributed by atoms with Crippen LogP contribution in [-0.2, 0) is 0 Å². The lowest BCUT2D eigenvalue weighted by Gasteiger charge is -2.05. The van der Waals surface area contributed by atoms with E-state index in [0.717, 1.165) is 10.0 Å². The maximum atomic E-state index is 11.6. The first-order valence-electron chi connectivity index (χ1n) is 5.25. The van der Waals surface area contributed by atoms with Gasteiger partial charge < -0.3 is 5.73 Å². The minimum Gasteiger partial charge on any atom is -0.330 e. The molecule has 1 aliphatic carbocycles. The molecule has 2 nitrogen and oxygen atoms in total. The predicted octanol–water partition coefficient (Wildman–Crippen LogP) is 2.86. The molecule has 1 aromatic carbocycles. The van der Waals surface area contributed by atoms with Crippen LogP contribution in [0.3, 0.4) is 0 Å². The Morgan fingerprint density at radius 3 is 2.73 bits per heavy atom. The number of carbonyl (C=O) groups excluding carboxylic acids is 1. The van der Waals surface area contributed by atoms with E-state index in [2.05, 4.69) is 22.0 Å². The topological polar surface area (TPSA) is 43.1 Å². The van der Waals surface area contributed by atoms with Crippen LogP contribution in [0.15, 0.2) is 22.7 Å². The van der Waals surface area contributed by atoms with E-state index in [1.165, 1.54) is 18.4 Å². The summed E-state index contributed by atoms with van der Waals surface area (Å²) < 4.78 is 1.06. The zero-order valence-corrected chi connectivity index (χ0v) is 10.1. The second kappa shape index (κ2) is 4.45. The second-order valence-electron chi connectivity index (χ2n) is 3.97. The molecule has 1 aromatic rings. The molecule has 0 bridgehead atoms. The van der Waals surface area contributed by atoms with Crippen LogP contribution in [0.1, 0.15) is 41.1 Å². The molecule has 0 spiro atoms. The number of benzene rings is 1. The van der Waals surface area contributed by atoms with Gasteiger partial charge in [0.25, 0.3) is 0 Å². The maximum Gasteiger partial charge on any atom is 0.164 e. The molecule has 1 fully saturated rings. The molecule has 0 aliphatic heterocycles. The van der Waals surface area contributed by atoms with Gasteiger partial charge in [-0.15, -0.1) is 0 Å². The first-order chi connectivity index (χ1) is 7.22. The highest BCUT2D eigenvalue weighted by atomic mass is 79.9. The Bertz CT molecular complexity index is 385. The number of ketones is 1. The van der Waals surface area contributed by atoms with E-state index < -0.39 is 0 Å². The molecule has 0 saturated heterocycles. The molecule has 0 radical (unpaired) electrons. The van der Waals surface area contributed by atoms with Gasteiger partial charge in [-0.25, -0.2) is 0 Å². The summed E-state index contributed by atoms with van der Waals surface area (Å²) in [7, 11) is 0. The summed E-state index contributed by atoms with van der Waals surface area (Å²) in [6.45, 7) is 0.417. The molecule has 2 N–H and O–H groups in total. The first kappa shape index (κ1) is 10.8. The number of rotatable bonds is 4. The molecule has 80 valence electrons. The third-order valence-corrected chi connectivity index (χ3v) is 3.40. The van der Waals surface area contributed by atoms with Crippen molar-refractivity contribution in [2.45, 2.75) is 25.2 Å². The van der Waals surface area contributed by atoms with Crippen molar-refractivity contribution >= 4 is 21.7 Å². The van der Waals surface area contributed by atoms with Crippen LogP contribution in [-0.4, -0.2) is 12.3 Å². The van der Waals surface area contributed by atoms with Crippen molar-refractivity contribution in [3.8, 4) is 0 Å². The lowest BCUT2D eigenvalue weighted by atomic mass is 10.0. The van der Waals surface area contributed by atoms with Gasteiger partial charge in [-0.2, -0.15) is 0 Å². The Morgan fingerprint density at radius 2 is 2.20 bits per heavy atom. The van der Waals surface area contributed by atoms with Crippen molar-refractivity contribution in [1.29, 1.82) is 0 Å². The van der Waals surface area contributed by atoms with Crippen molar-refractivity contribution in [2.75, 3.05) is 6.54 Å². The minimum absolute atomic E-state index is 0.126. The summed E-state index contributed by atoms with van der Waals surface area (Å²) in [4.78, 5) is 11.6. The summed E-state index contributed by atoms with van der Waals surface area (Å²) >= 11 is 3.52. The van der Waals surface area contributed by atoms with E-state index in [0.29, 0.717) is 18.9 Å². The summed E-state index contributed by atoms with van der Waals surface area (Å²) in [6, 6.07) is 5.90. The van der Waals surface area contributed by atoms with Gasteiger partial charge in [0.15, 0.2) is 5.78 Å². The van der Waals surface area contributed by atoms with Crippen LogP contribution in [0.5, 0.6) is 0 Å². The highest BCUT2D eigenvalue weighted by Crippen LogP contribution is 2.43. The Morgan fingerprint density at radius 1 is 1.47 bits per heavy atom. The van der Waals surface area contributed by atoms with E-state index in [-0.39, 0.29) is 5.78 Å². The van der Waals surface area contributed by atoms with Gasteiger partial charge in [0.1, 0.15) is 0 Å². The molecule has 1 saturated carbocycles. The summed E-state index contributed by atoms with van der Waals surface area (Å²) in [6.07, 6.45) is 2.97. The Labute approximate surface area is 98.0 Å². The highest BCUT2D eigenvalue weighted by Gasteiger charge is 2.25. The van der Waals surface area contributed by atoms with Gasteiger partial charge >= 0.3 is 0 Å². The molecule has 0 aromatic heterocycles. The smallest absolute Gasteiger partial charge is 0.164 e. The number of nitrogens with two attached hydrogens (primary N) is 1. The summed E-state index contributed by atoms with van der Waals surface area (Å²) in [5.41, 5.74) is 7.45. The Kier molecular flexibility index (Phi) is 3.22. The van der Waals surface area contributed by atoms with Gasteiger partial charge in [0, 0.05) is 16.5 Å². The van der Waals surface area contributed by atoms with Crippen LogP contribution in [0.4, 0.5) is 0 Å². The molecular weight excluding hydrogens is 254 g/mol. The fourth-order valence-corrected chi connectivity index (χ4v) is 2.40. The fraction of sp³-hybridized carbons (Fsp3) is 0.417. The van der Waals surface area contributed by atoms with E-state index in [1.807, 2.05) is 12.1 Å². The van der Waals surface area contributed by atoms with Crippen LogP contribution >= 0.6 is 15.9 Å². The second-order valence-corrected chi connectivity index (χ2v) is 4.83. The number of Topliss-reactive ketones (excluding diaryl/α,β-unsaturated/α-hetero) is 1. The molecule has 2 rings (SSSR count). The van der Waals surface area contributed by atoms with Crippen molar-refractivity contribution in [1.82, 2.24) is 0 Å². The Balaban J connectivity index is 2.20. The molecule has 3 heteroatoms.